The topological polar surface area (TPSA) is 70.5 Å². The number of hydrogen-bond acceptors (Lipinski definition) is 4. The molecule has 0 aliphatic heterocycles. The Bertz CT molecular complexity index is 500. The van der Waals surface area contributed by atoms with Crippen molar-refractivity contribution in [3.05, 3.63) is 29.0 Å². The molecule has 1 aromatic rings. The molecule has 7 heteroatoms. The highest BCUT2D eigenvalue weighted by molar-refractivity contribution is 7.88. The average molecular weight is 291 g/mol. The van der Waals surface area contributed by atoms with Gasteiger partial charge in [0.2, 0.25) is 10.0 Å². The molecule has 1 aromatic heterocycles. The van der Waals surface area contributed by atoms with Gasteiger partial charge < -0.3 is 5.11 Å². The molecular weight excluding hydrogens is 276 g/mol. The van der Waals surface area contributed by atoms with Crippen molar-refractivity contribution in [2.24, 2.45) is 0 Å². The Morgan fingerprint density at radius 1 is 1.44 bits per heavy atom. The van der Waals surface area contributed by atoms with Crippen LogP contribution < -0.4 is 0 Å². The van der Waals surface area contributed by atoms with Gasteiger partial charge in [-0.25, -0.2) is 13.4 Å². The van der Waals surface area contributed by atoms with E-state index < -0.39 is 10.0 Å². The first-order chi connectivity index (χ1) is 8.53. The van der Waals surface area contributed by atoms with Gasteiger partial charge in [-0.3, -0.25) is 0 Å². The van der Waals surface area contributed by atoms with Crippen LogP contribution in [0.3, 0.4) is 0 Å². The van der Waals surface area contributed by atoms with E-state index in [0.29, 0.717) is 10.7 Å². The van der Waals surface area contributed by atoms with Crippen LogP contribution >= 0.6 is 11.6 Å². The summed E-state index contributed by atoms with van der Waals surface area (Å²) in [5.41, 5.74) is 0.600. The summed E-state index contributed by atoms with van der Waals surface area (Å²) in [5.74, 6) is -0.104. The van der Waals surface area contributed by atoms with E-state index in [-0.39, 0.29) is 24.9 Å². The molecule has 1 fully saturated rings. The fourth-order valence-corrected chi connectivity index (χ4v) is 3.69. The number of nitrogens with zero attached hydrogens (tertiary/aromatic N) is 2. The van der Waals surface area contributed by atoms with E-state index in [2.05, 4.69) is 4.98 Å². The van der Waals surface area contributed by atoms with E-state index in [1.807, 2.05) is 0 Å². The van der Waals surface area contributed by atoms with E-state index in [9.17, 15) is 8.42 Å². The third-order valence-corrected chi connectivity index (χ3v) is 4.89. The maximum absolute atomic E-state index is 12.2. The van der Waals surface area contributed by atoms with Crippen molar-refractivity contribution in [2.75, 3.05) is 13.2 Å². The number of rotatable bonds is 6. The molecule has 0 atom stereocenters. The van der Waals surface area contributed by atoms with Gasteiger partial charge >= 0.3 is 0 Å². The third-order valence-electron chi connectivity index (χ3n) is 2.77. The number of pyridine rings is 1. The van der Waals surface area contributed by atoms with Crippen LogP contribution in [0.4, 0.5) is 0 Å². The number of sulfonamides is 1. The summed E-state index contributed by atoms with van der Waals surface area (Å²) in [5, 5.41) is 9.28. The van der Waals surface area contributed by atoms with Crippen LogP contribution in [0.1, 0.15) is 18.4 Å². The maximum Gasteiger partial charge on any atom is 0.218 e. The third kappa shape index (κ3) is 3.41. The summed E-state index contributed by atoms with van der Waals surface area (Å²) >= 11 is 5.65. The van der Waals surface area contributed by atoms with Crippen LogP contribution in [0.5, 0.6) is 0 Å². The van der Waals surface area contributed by atoms with Gasteiger partial charge in [-0.2, -0.15) is 4.31 Å². The lowest BCUT2D eigenvalue weighted by molar-refractivity contribution is 0.250. The predicted octanol–water partition coefficient (Wildman–Crippen LogP) is 1.02. The Kier molecular flexibility index (Phi) is 4.21. The molecule has 0 bridgehead atoms. The minimum atomic E-state index is -3.40. The first-order valence-electron chi connectivity index (χ1n) is 5.74. The molecule has 0 amide bonds. The Balaban J connectivity index is 2.12. The molecule has 1 N–H and O–H groups in total. The average Bonchev–Trinajstić information content (AvgIpc) is 3.12. The van der Waals surface area contributed by atoms with Gasteiger partial charge in [-0.1, -0.05) is 17.7 Å². The maximum atomic E-state index is 12.2. The highest BCUT2D eigenvalue weighted by atomic mass is 35.5. The first-order valence-corrected chi connectivity index (χ1v) is 7.72. The lowest BCUT2D eigenvalue weighted by Crippen LogP contribution is -2.36. The van der Waals surface area contributed by atoms with Gasteiger partial charge in [-0.05, 0) is 24.5 Å². The van der Waals surface area contributed by atoms with Crippen LogP contribution in [-0.4, -0.2) is 42.0 Å². The van der Waals surface area contributed by atoms with E-state index >= 15 is 0 Å². The van der Waals surface area contributed by atoms with Gasteiger partial charge in [0.05, 0.1) is 12.4 Å². The predicted molar refractivity (Wildman–Crippen MR) is 68.7 cm³/mol. The zero-order valence-electron chi connectivity index (χ0n) is 9.79. The first kappa shape index (κ1) is 13.7. The molecular formula is C11H15ClN2O3S. The second-order valence-electron chi connectivity index (χ2n) is 4.31. The van der Waals surface area contributed by atoms with Gasteiger partial charge in [0.15, 0.2) is 0 Å². The molecule has 1 aliphatic carbocycles. The summed E-state index contributed by atoms with van der Waals surface area (Å²) in [6.07, 6.45) is 3.21. The van der Waals surface area contributed by atoms with E-state index in [1.165, 1.54) is 10.5 Å². The normalized spacial score (nSPS) is 16.2. The van der Waals surface area contributed by atoms with E-state index in [0.717, 1.165) is 12.8 Å². The summed E-state index contributed by atoms with van der Waals surface area (Å²) in [4.78, 5) is 3.86. The summed E-state index contributed by atoms with van der Waals surface area (Å²) in [7, 11) is -3.40. The summed E-state index contributed by atoms with van der Waals surface area (Å²) < 4.78 is 25.8. The van der Waals surface area contributed by atoms with Crippen LogP contribution in [0, 0.1) is 0 Å². The second kappa shape index (κ2) is 5.52. The number of halogens is 1. The van der Waals surface area contributed by atoms with Crippen molar-refractivity contribution in [3.63, 3.8) is 0 Å². The van der Waals surface area contributed by atoms with Crippen molar-refractivity contribution in [1.82, 2.24) is 9.29 Å². The lowest BCUT2D eigenvalue weighted by Gasteiger charge is -2.20. The molecule has 0 aromatic carbocycles. The van der Waals surface area contributed by atoms with Crippen LogP contribution in [0.2, 0.25) is 5.15 Å². The molecule has 1 saturated carbocycles. The van der Waals surface area contributed by atoms with Crippen LogP contribution in [0.25, 0.3) is 0 Å². The minimum Gasteiger partial charge on any atom is -0.395 e. The van der Waals surface area contributed by atoms with Gasteiger partial charge in [-0.15, -0.1) is 0 Å². The summed E-state index contributed by atoms with van der Waals surface area (Å²) in [6.45, 7) is 0.00260. The SMILES string of the molecule is O=S(=O)(Cc1ccc(Cl)nc1)N(CCO)C1CC1. The van der Waals surface area contributed by atoms with Crippen LogP contribution in [0.15, 0.2) is 18.3 Å². The molecule has 1 aliphatic rings. The number of aliphatic hydroxyl groups excluding tert-OH is 1. The smallest absolute Gasteiger partial charge is 0.218 e. The van der Waals surface area contributed by atoms with Crippen molar-refractivity contribution >= 4 is 21.6 Å². The zero-order valence-corrected chi connectivity index (χ0v) is 11.4. The standard InChI is InChI=1S/C11H15ClN2O3S/c12-11-4-1-9(7-13-11)8-18(16,17)14(5-6-15)10-2-3-10/h1,4,7,10,15H,2-3,5-6,8H2. The monoisotopic (exact) mass is 290 g/mol. The van der Waals surface area contributed by atoms with Crippen LogP contribution in [-0.2, 0) is 15.8 Å². The van der Waals surface area contributed by atoms with E-state index in [1.54, 1.807) is 12.1 Å². The highest BCUT2D eigenvalue weighted by Gasteiger charge is 2.36. The zero-order chi connectivity index (χ0) is 13.2. The fourth-order valence-electron chi connectivity index (χ4n) is 1.80. The Morgan fingerprint density at radius 2 is 2.17 bits per heavy atom. The molecule has 100 valence electrons. The highest BCUT2D eigenvalue weighted by Crippen LogP contribution is 2.30. The number of aromatic nitrogens is 1. The lowest BCUT2D eigenvalue weighted by atomic mass is 10.3. The Morgan fingerprint density at radius 3 is 2.67 bits per heavy atom. The Labute approximate surface area is 111 Å². The van der Waals surface area contributed by atoms with Gasteiger partial charge in [0, 0.05) is 18.8 Å². The molecule has 0 radical (unpaired) electrons. The molecule has 18 heavy (non-hydrogen) atoms. The fraction of sp³-hybridized carbons (Fsp3) is 0.545. The second-order valence-corrected chi connectivity index (χ2v) is 6.62. The largest absolute Gasteiger partial charge is 0.395 e. The van der Waals surface area contributed by atoms with Crippen molar-refractivity contribution in [3.8, 4) is 0 Å². The van der Waals surface area contributed by atoms with Gasteiger partial charge in [0.25, 0.3) is 0 Å². The van der Waals surface area contributed by atoms with Crippen molar-refractivity contribution in [1.29, 1.82) is 0 Å². The Hall–Kier alpha value is -0.690. The molecule has 2 rings (SSSR count). The van der Waals surface area contributed by atoms with E-state index in [4.69, 9.17) is 16.7 Å². The quantitative estimate of drug-likeness (QED) is 0.794. The molecule has 5 nitrogen and oxygen atoms in total. The molecule has 0 unspecified atom stereocenters. The summed E-state index contributed by atoms with van der Waals surface area (Å²) in [6, 6.07) is 3.28. The minimum absolute atomic E-state index is 0.0578. The van der Waals surface area contributed by atoms with Gasteiger partial charge in [0.1, 0.15) is 5.15 Å². The van der Waals surface area contributed by atoms with Crippen molar-refractivity contribution in [2.45, 2.75) is 24.6 Å². The number of aliphatic hydroxyl groups is 1. The molecule has 0 spiro atoms. The molecule has 1 heterocycles. The molecule has 0 saturated heterocycles. The van der Waals surface area contributed by atoms with Crippen molar-refractivity contribution < 1.29 is 13.5 Å². The number of hydrogen-bond donors (Lipinski definition) is 1.